The van der Waals surface area contributed by atoms with E-state index in [-0.39, 0.29) is 12.1 Å². The quantitative estimate of drug-likeness (QED) is 0.741. The van der Waals surface area contributed by atoms with E-state index in [1.165, 1.54) is 4.68 Å². The zero-order valence-corrected chi connectivity index (χ0v) is 13.7. The summed E-state index contributed by atoms with van der Waals surface area (Å²) in [4.78, 5) is 12.3. The molecule has 1 aromatic carbocycles. The molecule has 24 heavy (non-hydrogen) atoms. The number of benzene rings is 1. The number of aryl methyl sites for hydroxylation is 2. The highest BCUT2D eigenvalue weighted by Crippen LogP contribution is 2.20. The molecule has 0 saturated carbocycles. The van der Waals surface area contributed by atoms with Crippen molar-refractivity contribution in [2.45, 2.75) is 27.3 Å². The van der Waals surface area contributed by atoms with Gasteiger partial charge in [-0.3, -0.25) is 4.79 Å². The van der Waals surface area contributed by atoms with Crippen molar-refractivity contribution in [1.29, 1.82) is 5.26 Å². The van der Waals surface area contributed by atoms with Crippen LogP contribution in [0.3, 0.4) is 0 Å². The minimum Gasteiger partial charge on any atom is -0.359 e. The molecule has 0 saturated heterocycles. The number of hydrogen-bond acceptors (Lipinski definition) is 5. The molecule has 3 aromatic rings. The van der Waals surface area contributed by atoms with Gasteiger partial charge in [0.1, 0.15) is 23.9 Å². The molecule has 0 amide bonds. The van der Waals surface area contributed by atoms with Crippen molar-refractivity contribution in [3.63, 3.8) is 0 Å². The molecule has 2 heterocycles. The standard InChI is InChI=1S/C18H16N4O2/c1-11-4-6-14(7-5-11)17-8-15(24-21-17)10-22-18(23)16(9-19)12(2)13(3)20-22/h4-8H,10H2,1-3H3. The summed E-state index contributed by atoms with van der Waals surface area (Å²) in [6.07, 6.45) is 0. The zero-order valence-electron chi connectivity index (χ0n) is 13.7. The van der Waals surface area contributed by atoms with E-state index in [9.17, 15) is 4.79 Å². The van der Waals surface area contributed by atoms with Crippen LogP contribution in [-0.2, 0) is 6.54 Å². The number of aromatic nitrogens is 3. The van der Waals surface area contributed by atoms with Crippen molar-refractivity contribution in [2.24, 2.45) is 0 Å². The Labute approximate surface area is 139 Å². The maximum Gasteiger partial charge on any atom is 0.285 e. The first-order valence-corrected chi connectivity index (χ1v) is 7.50. The van der Waals surface area contributed by atoms with Gasteiger partial charge in [-0.15, -0.1) is 0 Å². The van der Waals surface area contributed by atoms with Gasteiger partial charge < -0.3 is 4.52 Å². The fourth-order valence-corrected chi connectivity index (χ4v) is 2.41. The summed E-state index contributed by atoms with van der Waals surface area (Å²) in [5.41, 5.74) is 3.74. The van der Waals surface area contributed by atoms with Crippen LogP contribution in [0.1, 0.15) is 28.1 Å². The smallest absolute Gasteiger partial charge is 0.285 e. The summed E-state index contributed by atoms with van der Waals surface area (Å²) < 4.78 is 6.56. The highest BCUT2D eigenvalue weighted by atomic mass is 16.5. The van der Waals surface area contributed by atoms with Gasteiger partial charge in [-0.05, 0) is 26.3 Å². The van der Waals surface area contributed by atoms with Gasteiger partial charge in [-0.1, -0.05) is 35.0 Å². The van der Waals surface area contributed by atoms with Crippen LogP contribution in [0.15, 0.2) is 39.6 Å². The van der Waals surface area contributed by atoms with E-state index in [0.717, 1.165) is 11.1 Å². The normalized spacial score (nSPS) is 10.6. The van der Waals surface area contributed by atoms with Crippen LogP contribution < -0.4 is 5.56 Å². The van der Waals surface area contributed by atoms with Gasteiger partial charge in [-0.25, -0.2) is 4.68 Å². The molecule has 0 atom stereocenters. The van der Waals surface area contributed by atoms with Crippen molar-refractivity contribution < 1.29 is 4.52 Å². The van der Waals surface area contributed by atoms with E-state index < -0.39 is 5.56 Å². The Morgan fingerprint density at radius 2 is 1.92 bits per heavy atom. The van der Waals surface area contributed by atoms with Crippen LogP contribution in [0.2, 0.25) is 0 Å². The minimum absolute atomic E-state index is 0.112. The van der Waals surface area contributed by atoms with Crippen LogP contribution in [0.5, 0.6) is 0 Å². The van der Waals surface area contributed by atoms with E-state index in [2.05, 4.69) is 10.3 Å². The second-order valence-corrected chi connectivity index (χ2v) is 5.70. The molecule has 120 valence electrons. The maximum atomic E-state index is 12.3. The van der Waals surface area contributed by atoms with E-state index in [4.69, 9.17) is 9.78 Å². The van der Waals surface area contributed by atoms with Crippen LogP contribution in [0, 0.1) is 32.1 Å². The fraction of sp³-hybridized carbons (Fsp3) is 0.222. The average molecular weight is 320 g/mol. The third-order valence-corrected chi connectivity index (χ3v) is 3.96. The summed E-state index contributed by atoms with van der Waals surface area (Å²) in [5, 5.41) is 17.4. The van der Waals surface area contributed by atoms with Gasteiger partial charge in [0.25, 0.3) is 5.56 Å². The second-order valence-electron chi connectivity index (χ2n) is 5.70. The highest BCUT2D eigenvalue weighted by Gasteiger charge is 2.14. The predicted octanol–water partition coefficient (Wildman–Crippen LogP) is 2.74. The van der Waals surface area contributed by atoms with Crippen molar-refractivity contribution in [1.82, 2.24) is 14.9 Å². The van der Waals surface area contributed by atoms with Crippen molar-refractivity contribution >= 4 is 0 Å². The number of hydrogen-bond donors (Lipinski definition) is 0. The lowest BCUT2D eigenvalue weighted by molar-refractivity contribution is 0.369. The van der Waals surface area contributed by atoms with E-state index in [0.29, 0.717) is 22.7 Å². The molecule has 0 aliphatic heterocycles. The molecule has 2 aromatic heterocycles. The van der Waals surface area contributed by atoms with Gasteiger partial charge >= 0.3 is 0 Å². The highest BCUT2D eigenvalue weighted by molar-refractivity contribution is 5.59. The van der Waals surface area contributed by atoms with E-state index >= 15 is 0 Å². The first kappa shape index (κ1) is 15.7. The van der Waals surface area contributed by atoms with Crippen molar-refractivity contribution in [3.05, 3.63) is 68.8 Å². The first-order chi connectivity index (χ1) is 11.5. The molecule has 0 fully saturated rings. The van der Waals surface area contributed by atoms with Gasteiger partial charge in [0.2, 0.25) is 0 Å². The van der Waals surface area contributed by atoms with Crippen LogP contribution in [-0.4, -0.2) is 14.9 Å². The lowest BCUT2D eigenvalue weighted by Gasteiger charge is -2.06. The molecule has 0 aliphatic rings. The van der Waals surface area contributed by atoms with Gasteiger partial charge in [0.15, 0.2) is 5.76 Å². The number of rotatable bonds is 3. The molecular formula is C18H16N4O2. The summed E-state index contributed by atoms with van der Waals surface area (Å²) in [7, 11) is 0. The SMILES string of the molecule is Cc1ccc(-c2cc(Cn3nc(C)c(C)c(C#N)c3=O)on2)cc1. The van der Waals surface area contributed by atoms with Crippen molar-refractivity contribution in [2.75, 3.05) is 0 Å². The summed E-state index contributed by atoms with van der Waals surface area (Å²) in [6.45, 7) is 5.64. The predicted molar refractivity (Wildman–Crippen MR) is 88.5 cm³/mol. The Morgan fingerprint density at radius 1 is 1.21 bits per heavy atom. The molecule has 0 unspecified atom stereocenters. The lowest BCUT2D eigenvalue weighted by atomic mass is 10.1. The van der Waals surface area contributed by atoms with Crippen LogP contribution >= 0.6 is 0 Å². The third kappa shape index (κ3) is 2.84. The Hall–Kier alpha value is -3.20. The summed E-state index contributed by atoms with van der Waals surface area (Å²) in [6, 6.07) is 11.6. The lowest BCUT2D eigenvalue weighted by Crippen LogP contribution is -2.27. The number of nitriles is 1. The van der Waals surface area contributed by atoms with E-state index in [1.54, 1.807) is 19.9 Å². The average Bonchev–Trinajstić information content (AvgIpc) is 3.02. The largest absolute Gasteiger partial charge is 0.359 e. The topological polar surface area (TPSA) is 84.7 Å². The molecular weight excluding hydrogens is 304 g/mol. The molecule has 6 nitrogen and oxygen atoms in total. The Morgan fingerprint density at radius 3 is 2.58 bits per heavy atom. The molecule has 0 spiro atoms. The monoisotopic (exact) mass is 320 g/mol. The Balaban J connectivity index is 1.94. The molecule has 6 heteroatoms. The Kier molecular flexibility index (Phi) is 4.00. The van der Waals surface area contributed by atoms with E-state index in [1.807, 2.05) is 37.3 Å². The molecule has 0 radical (unpaired) electrons. The zero-order chi connectivity index (χ0) is 17.3. The Bertz CT molecular complexity index is 991. The molecule has 3 rings (SSSR count). The molecule has 0 N–H and O–H groups in total. The van der Waals surface area contributed by atoms with Crippen molar-refractivity contribution in [3.8, 4) is 17.3 Å². The minimum atomic E-state index is -0.422. The first-order valence-electron chi connectivity index (χ1n) is 7.50. The van der Waals surface area contributed by atoms with Gasteiger partial charge in [0.05, 0.1) is 5.69 Å². The summed E-state index contributed by atoms with van der Waals surface area (Å²) >= 11 is 0. The van der Waals surface area contributed by atoms with Gasteiger partial charge in [-0.2, -0.15) is 10.4 Å². The summed E-state index contributed by atoms with van der Waals surface area (Å²) in [5.74, 6) is 0.507. The van der Waals surface area contributed by atoms with Crippen LogP contribution in [0.25, 0.3) is 11.3 Å². The molecule has 0 aliphatic carbocycles. The number of nitrogens with zero attached hydrogens (tertiary/aromatic N) is 4. The molecule has 0 bridgehead atoms. The fourth-order valence-electron chi connectivity index (χ4n) is 2.41. The maximum absolute atomic E-state index is 12.3. The second kappa shape index (κ2) is 6.13. The third-order valence-electron chi connectivity index (χ3n) is 3.96. The van der Waals surface area contributed by atoms with Crippen LogP contribution in [0.4, 0.5) is 0 Å². The van der Waals surface area contributed by atoms with Gasteiger partial charge in [0, 0.05) is 11.6 Å².